The summed E-state index contributed by atoms with van der Waals surface area (Å²) >= 11 is 1.78. The zero-order valence-electron chi connectivity index (χ0n) is 13.9. The molecule has 3 aromatic heterocycles. The lowest BCUT2D eigenvalue weighted by molar-refractivity contribution is 1.11. The van der Waals surface area contributed by atoms with Gasteiger partial charge in [-0.15, -0.1) is 11.3 Å². The average Bonchev–Trinajstić information content (AvgIpc) is 3.30. The predicted molar refractivity (Wildman–Crippen MR) is 111 cm³/mol. The number of nitrogens with zero attached hydrogens (tertiary/aromatic N) is 2. The lowest BCUT2D eigenvalue weighted by atomic mass is 10.1. The summed E-state index contributed by atoms with van der Waals surface area (Å²) in [4.78, 5) is 4.98. The summed E-state index contributed by atoms with van der Waals surface area (Å²) in [6, 6.07) is 27.9. The van der Waals surface area contributed by atoms with Crippen LogP contribution in [-0.2, 0) is 0 Å². The molecule has 0 atom stereocenters. The second-order valence-electron chi connectivity index (χ2n) is 6.51. The van der Waals surface area contributed by atoms with Crippen LogP contribution in [0.15, 0.2) is 84.2 Å². The Hall–Kier alpha value is -3.17. The Labute approximate surface area is 153 Å². The quantitative estimate of drug-likeness (QED) is 0.329. The summed E-state index contributed by atoms with van der Waals surface area (Å²) in [5.41, 5.74) is 3.46. The molecule has 26 heavy (non-hydrogen) atoms. The lowest BCUT2D eigenvalue weighted by Crippen LogP contribution is -1.97. The van der Waals surface area contributed by atoms with Crippen molar-refractivity contribution in [2.75, 3.05) is 0 Å². The number of fused-ring (bicyclic) bond motifs is 6. The van der Waals surface area contributed by atoms with Crippen molar-refractivity contribution in [1.29, 1.82) is 0 Å². The van der Waals surface area contributed by atoms with E-state index in [0.29, 0.717) is 0 Å². The molecule has 0 saturated heterocycles. The highest BCUT2D eigenvalue weighted by Crippen LogP contribution is 2.37. The highest BCUT2D eigenvalue weighted by Gasteiger charge is 2.15. The second kappa shape index (κ2) is 5.16. The van der Waals surface area contributed by atoms with Crippen molar-refractivity contribution in [3.63, 3.8) is 0 Å². The summed E-state index contributed by atoms with van der Waals surface area (Å²) < 4.78 is 3.62. The summed E-state index contributed by atoms with van der Waals surface area (Å²) in [5, 5.41) is 7.17. The molecule has 0 spiro atoms. The van der Waals surface area contributed by atoms with Gasteiger partial charge in [0.25, 0.3) is 0 Å². The fourth-order valence-electron chi connectivity index (χ4n) is 3.92. The van der Waals surface area contributed by atoms with Crippen molar-refractivity contribution in [3.05, 3.63) is 84.2 Å². The fraction of sp³-hybridized carbons (Fsp3) is 0. The van der Waals surface area contributed by atoms with Crippen LogP contribution in [0.25, 0.3) is 48.6 Å². The molecule has 0 aliphatic heterocycles. The van der Waals surface area contributed by atoms with Crippen LogP contribution in [0.5, 0.6) is 0 Å². The van der Waals surface area contributed by atoms with Crippen LogP contribution in [0.4, 0.5) is 0 Å². The van der Waals surface area contributed by atoms with Crippen molar-refractivity contribution in [2.24, 2.45) is 0 Å². The molecule has 6 aromatic rings. The minimum Gasteiger partial charge on any atom is -0.293 e. The molecule has 3 aromatic carbocycles. The molecule has 0 aliphatic rings. The summed E-state index contributed by atoms with van der Waals surface area (Å²) in [7, 11) is 0. The first kappa shape index (κ1) is 14.0. The Morgan fingerprint density at radius 3 is 2.58 bits per heavy atom. The van der Waals surface area contributed by atoms with Crippen LogP contribution in [0.3, 0.4) is 0 Å². The number of thiophene rings is 1. The smallest absolute Gasteiger partial charge is 0.138 e. The summed E-state index contributed by atoms with van der Waals surface area (Å²) in [5.74, 6) is 0.966. The first-order chi connectivity index (χ1) is 12.9. The number of para-hydroxylation sites is 2. The van der Waals surface area contributed by atoms with Gasteiger partial charge in [0.1, 0.15) is 5.82 Å². The third-order valence-corrected chi connectivity index (χ3v) is 5.96. The van der Waals surface area contributed by atoms with Gasteiger partial charge in [-0.1, -0.05) is 42.5 Å². The van der Waals surface area contributed by atoms with Gasteiger partial charge in [-0.3, -0.25) is 4.57 Å². The van der Waals surface area contributed by atoms with Crippen molar-refractivity contribution in [2.45, 2.75) is 0 Å². The monoisotopic (exact) mass is 350 g/mol. The number of aromatic nitrogens is 2. The standard InChI is InChI=1S/C23H14N2S/c1-3-7-19-15(5-1)9-12-22(24-19)25-20-8-4-2-6-16(20)17-10-11-21-18(23(17)25)13-14-26-21/h1-14H. The Bertz CT molecular complexity index is 1440. The zero-order valence-corrected chi connectivity index (χ0v) is 14.7. The molecular formula is C23H14N2S. The van der Waals surface area contributed by atoms with Gasteiger partial charge in [0.2, 0.25) is 0 Å². The van der Waals surface area contributed by atoms with Gasteiger partial charge in [-0.25, -0.2) is 4.98 Å². The van der Waals surface area contributed by atoms with Gasteiger partial charge < -0.3 is 0 Å². The fourth-order valence-corrected chi connectivity index (χ4v) is 4.71. The molecule has 0 fully saturated rings. The highest BCUT2D eigenvalue weighted by molar-refractivity contribution is 7.17. The molecule has 0 unspecified atom stereocenters. The van der Waals surface area contributed by atoms with E-state index < -0.39 is 0 Å². The number of benzene rings is 3. The van der Waals surface area contributed by atoms with E-state index in [4.69, 9.17) is 4.98 Å². The third-order valence-electron chi connectivity index (χ3n) is 5.08. The van der Waals surface area contributed by atoms with Crippen molar-refractivity contribution >= 4 is 54.1 Å². The van der Waals surface area contributed by atoms with E-state index >= 15 is 0 Å². The summed E-state index contributed by atoms with van der Waals surface area (Å²) in [6.45, 7) is 0. The Balaban J connectivity index is 1.84. The molecule has 0 radical (unpaired) electrons. The van der Waals surface area contributed by atoms with E-state index in [2.05, 4.69) is 82.7 Å². The molecular weight excluding hydrogens is 336 g/mol. The third kappa shape index (κ3) is 1.83. The maximum atomic E-state index is 4.98. The maximum Gasteiger partial charge on any atom is 0.138 e. The van der Waals surface area contributed by atoms with Crippen molar-refractivity contribution in [1.82, 2.24) is 9.55 Å². The molecule has 0 bridgehead atoms. The Morgan fingerprint density at radius 1 is 0.692 bits per heavy atom. The lowest BCUT2D eigenvalue weighted by Gasteiger charge is -2.09. The topological polar surface area (TPSA) is 17.8 Å². The van der Waals surface area contributed by atoms with Crippen LogP contribution in [0.2, 0.25) is 0 Å². The molecule has 0 saturated carbocycles. The maximum absolute atomic E-state index is 4.98. The minimum absolute atomic E-state index is 0.966. The van der Waals surface area contributed by atoms with Crippen LogP contribution in [0, 0.1) is 0 Å². The minimum atomic E-state index is 0.966. The Morgan fingerprint density at radius 2 is 1.58 bits per heavy atom. The van der Waals surface area contributed by atoms with E-state index in [9.17, 15) is 0 Å². The van der Waals surface area contributed by atoms with Crippen molar-refractivity contribution < 1.29 is 0 Å². The first-order valence-electron chi connectivity index (χ1n) is 8.66. The van der Waals surface area contributed by atoms with Crippen LogP contribution < -0.4 is 0 Å². The SMILES string of the molecule is c1ccc2nc(-n3c4ccccc4c4ccc5sccc5c43)ccc2c1. The van der Waals surface area contributed by atoms with Gasteiger partial charge in [0, 0.05) is 26.2 Å². The molecule has 3 heterocycles. The first-order valence-corrected chi connectivity index (χ1v) is 9.54. The average molecular weight is 350 g/mol. The molecule has 3 heteroatoms. The van der Waals surface area contributed by atoms with Crippen LogP contribution in [-0.4, -0.2) is 9.55 Å². The molecule has 2 nitrogen and oxygen atoms in total. The van der Waals surface area contributed by atoms with E-state index in [1.807, 2.05) is 6.07 Å². The van der Waals surface area contributed by atoms with Crippen molar-refractivity contribution in [3.8, 4) is 5.82 Å². The van der Waals surface area contributed by atoms with E-state index in [0.717, 1.165) is 16.7 Å². The van der Waals surface area contributed by atoms with Gasteiger partial charge in [0.15, 0.2) is 0 Å². The van der Waals surface area contributed by atoms with E-state index in [-0.39, 0.29) is 0 Å². The van der Waals surface area contributed by atoms with Gasteiger partial charge in [0.05, 0.1) is 16.6 Å². The molecule has 0 amide bonds. The van der Waals surface area contributed by atoms with Crippen LogP contribution >= 0.6 is 11.3 Å². The molecule has 0 aliphatic carbocycles. The molecule has 122 valence electrons. The zero-order chi connectivity index (χ0) is 17.1. The van der Waals surface area contributed by atoms with Gasteiger partial charge in [-0.05, 0) is 41.8 Å². The van der Waals surface area contributed by atoms with E-state index in [1.165, 1.54) is 31.9 Å². The molecule has 6 rings (SSSR count). The van der Waals surface area contributed by atoms with Gasteiger partial charge >= 0.3 is 0 Å². The van der Waals surface area contributed by atoms with E-state index in [1.54, 1.807) is 11.3 Å². The van der Waals surface area contributed by atoms with Crippen LogP contribution in [0.1, 0.15) is 0 Å². The summed E-state index contributed by atoms with van der Waals surface area (Å²) in [6.07, 6.45) is 0. The number of pyridine rings is 1. The Kier molecular flexibility index (Phi) is 2.79. The largest absolute Gasteiger partial charge is 0.293 e. The number of hydrogen-bond acceptors (Lipinski definition) is 2. The molecule has 0 N–H and O–H groups in total. The normalized spacial score (nSPS) is 11.8. The van der Waals surface area contributed by atoms with Gasteiger partial charge in [-0.2, -0.15) is 0 Å². The second-order valence-corrected chi connectivity index (χ2v) is 7.46. The number of hydrogen-bond donors (Lipinski definition) is 0. The highest BCUT2D eigenvalue weighted by atomic mass is 32.1. The predicted octanol–water partition coefficient (Wildman–Crippen LogP) is 6.55. The number of rotatable bonds is 1.